The van der Waals surface area contributed by atoms with Crippen LogP contribution in [0.15, 0.2) is 35.9 Å². The van der Waals surface area contributed by atoms with Crippen LogP contribution in [-0.2, 0) is 0 Å². The Kier molecular flexibility index (Phi) is 2.37. The van der Waals surface area contributed by atoms with Crippen molar-refractivity contribution in [3.05, 3.63) is 52.2 Å². The van der Waals surface area contributed by atoms with Gasteiger partial charge in [0, 0.05) is 11.0 Å². The fourth-order valence-corrected chi connectivity index (χ4v) is 2.23. The van der Waals surface area contributed by atoms with Crippen molar-refractivity contribution in [1.82, 2.24) is 4.98 Å². The summed E-state index contributed by atoms with van der Waals surface area (Å²) in [4.78, 5) is 3.46. The summed E-state index contributed by atoms with van der Waals surface area (Å²) in [7, 11) is 0. The number of rotatable bonds is 1. The average Bonchev–Trinajstić information content (AvgIpc) is 2.72. The lowest BCUT2D eigenvalue weighted by atomic mass is 10.1. The van der Waals surface area contributed by atoms with Gasteiger partial charge in [0.15, 0.2) is 0 Å². The molecule has 1 nitrogen and oxygen atoms in total. The van der Waals surface area contributed by atoms with Crippen LogP contribution < -0.4 is 10.6 Å². The number of aromatic nitrogens is 1. The molecule has 3 rings (SSSR count). The minimum absolute atomic E-state index is 1.04. The minimum atomic E-state index is 1.04. The Bertz CT molecular complexity index is 560. The summed E-state index contributed by atoms with van der Waals surface area (Å²) < 4.78 is 0. The smallest absolute Gasteiger partial charge is 0.0414 e. The third kappa shape index (κ3) is 1.81. The zero-order chi connectivity index (χ0) is 10.8. The van der Waals surface area contributed by atoms with Crippen LogP contribution >= 0.6 is 0 Å². The molecule has 1 aromatic rings. The molecule has 1 N–H and O–H groups in total. The maximum absolute atomic E-state index is 3.46. The summed E-state index contributed by atoms with van der Waals surface area (Å²) in [6.07, 6.45) is 18.7. The Morgan fingerprint density at radius 2 is 2.06 bits per heavy atom. The molecule has 1 aromatic heterocycles. The van der Waals surface area contributed by atoms with Crippen LogP contribution in [0, 0.1) is 0 Å². The number of nitrogens with one attached hydrogen (secondary N) is 1. The molecule has 0 fully saturated rings. The van der Waals surface area contributed by atoms with Gasteiger partial charge in [0.2, 0.25) is 0 Å². The molecule has 1 heterocycles. The van der Waals surface area contributed by atoms with Crippen LogP contribution in [-0.4, -0.2) is 4.98 Å². The highest BCUT2D eigenvalue weighted by Crippen LogP contribution is 2.12. The molecule has 0 saturated heterocycles. The van der Waals surface area contributed by atoms with Gasteiger partial charge in [0.1, 0.15) is 0 Å². The molecule has 2 aliphatic carbocycles. The van der Waals surface area contributed by atoms with E-state index in [2.05, 4.69) is 53.6 Å². The summed E-state index contributed by atoms with van der Waals surface area (Å²) in [5, 5.41) is 2.64. The first kappa shape index (κ1) is 9.46. The van der Waals surface area contributed by atoms with Crippen molar-refractivity contribution in [1.29, 1.82) is 0 Å². The summed E-state index contributed by atoms with van der Waals surface area (Å²) in [5.74, 6) is 0. The monoisotopic (exact) mass is 209 g/mol. The average molecular weight is 209 g/mol. The van der Waals surface area contributed by atoms with E-state index < -0.39 is 0 Å². The topological polar surface area (TPSA) is 15.8 Å². The Morgan fingerprint density at radius 1 is 1.12 bits per heavy atom. The van der Waals surface area contributed by atoms with Crippen LogP contribution in [0.25, 0.3) is 18.2 Å². The third-order valence-corrected chi connectivity index (χ3v) is 3.03. The first-order chi connectivity index (χ1) is 7.92. The molecule has 1 heteroatoms. The molecule has 0 aromatic carbocycles. The highest BCUT2D eigenvalue weighted by molar-refractivity contribution is 5.56. The number of H-pyrrole nitrogens is 1. The Morgan fingerprint density at radius 3 is 2.88 bits per heavy atom. The lowest BCUT2D eigenvalue weighted by Gasteiger charge is -2.00. The lowest BCUT2D eigenvalue weighted by Crippen LogP contribution is -2.23. The number of fused-ring (bicyclic) bond motifs is 1. The molecule has 0 atom stereocenters. The van der Waals surface area contributed by atoms with Gasteiger partial charge < -0.3 is 4.98 Å². The molecule has 2 aliphatic rings. The van der Waals surface area contributed by atoms with Crippen molar-refractivity contribution in [2.45, 2.75) is 19.3 Å². The number of hydrogen-bond donors (Lipinski definition) is 1. The zero-order valence-electron chi connectivity index (χ0n) is 9.24. The summed E-state index contributed by atoms with van der Waals surface area (Å²) in [5.41, 5.74) is 2.58. The van der Waals surface area contributed by atoms with E-state index in [1.165, 1.54) is 28.3 Å². The lowest BCUT2D eigenvalue weighted by molar-refractivity contribution is 1.10. The van der Waals surface area contributed by atoms with Crippen LogP contribution in [0.4, 0.5) is 0 Å². The van der Waals surface area contributed by atoms with E-state index in [1.54, 1.807) is 0 Å². The first-order valence-electron chi connectivity index (χ1n) is 5.85. The highest BCUT2D eigenvalue weighted by Gasteiger charge is 1.99. The molecular weight excluding hydrogens is 194 g/mol. The van der Waals surface area contributed by atoms with Gasteiger partial charge >= 0.3 is 0 Å². The van der Waals surface area contributed by atoms with Gasteiger partial charge in [-0.15, -0.1) is 0 Å². The maximum atomic E-state index is 3.46. The molecule has 0 spiro atoms. The molecule has 0 unspecified atom stereocenters. The largest absolute Gasteiger partial charge is 0.355 e. The van der Waals surface area contributed by atoms with Crippen molar-refractivity contribution in [3.63, 3.8) is 0 Å². The number of aromatic amines is 1. The van der Waals surface area contributed by atoms with Gasteiger partial charge in [0.25, 0.3) is 0 Å². The second-order valence-electron chi connectivity index (χ2n) is 4.29. The standard InChI is InChI=1S/C15H15N/c1-2-6-12(7-3-1)10-14-11-13-8-4-5-9-15(13)16-14/h1-3,6,8-11,16H,4-5,7H2/b12-10-. The Balaban J connectivity index is 2.00. The van der Waals surface area contributed by atoms with E-state index in [1.807, 2.05) is 0 Å². The fourth-order valence-electron chi connectivity index (χ4n) is 2.23. The van der Waals surface area contributed by atoms with E-state index >= 15 is 0 Å². The van der Waals surface area contributed by atoms with E-state index in [0.29, 0.717) is 0 Å². The third-order valence-electron chi connectivity index (χ3n) is 3.03. The second-order valence-corrected chi connectivity index (χ2v) is 4.29. The van der Waals surface area contributed by atoms with E-state index in [4.69, 9.17) is 0 Å². The molecule has 0 bridgehead atoms. The maximum Gasteiger partial charge on any atom is 0.0414 e. The van der Waals surface area contributed by atoms with Gasteiger partial charge in [-0.3, -0.25) is 0 Å². The van der Waals surface area contributed by atoms with Gasteiger partial charge in [0.05, 0.1) is 0 Å². The van der Waals surface area contributed by atoms with E-state index in [0.717, 1.165) is 12.8 Å². The van der Waals surface area contributed by atoms with Crippen LogP contribution in [0.1, 0.15) is 25.0 Å². The van der Waals surface area contributed by atoms with Crippen LogP contribution in [0.3, 0.4) is 0 Å². The molecular formula is C15H15N. The predicted octanol–water partition coefficient (Wildman–Crippen LogP) is 2.27. The van der Waals surface area contributed by atoms with Crippen LogP contribution in [0.5, 0.6) is 0 Å². The van der Waals surface area contributed by atoms with Crippen molar-refractivity contribution in [2.24, 2.45) is 0 Å². The van der Waals surface area contributed by atoms with E-state index in [-0.39, 0.29) is 0 Å². The fraction of sp³-hybridized carbons (Fsp3) is 0.200. The van der Waals surface area contributed by atoms with E-state index in [9.17, 15) is 0 Å². The first-order valence-corrected chi connectivity index (χ1v) is 5.85. The number of allylic oxidation sites excluding steroid dienone is 5. The van der Waals surface area contributed by atoms with Gasteiger partial charge in [-0.25, -0.2) is 0 Å². The molecule has 0 amide bonds. The quantitative estimate of drug-likeness (QED) is 0.730. The second kappa shape index (κ2) is 4.01. The van der Waals surface area contributed by atoms with Crippen molar-refractivity contribution in [3.8, 4) is 0 Å². The summed E-state index contributed by atoms with van der Waals surface area (Å²) in [6, 6.07) is 2.24. The summed E-state index contributed by atoms with van der Waals surface area (Å²) >= 11 is 0. The minimum Gasteiger partial charge on any atom is -0.355 e. The van der Waals surface area contributed by atoms with Crippen molar-refractivity contribution in [2.75, 3.05) is 0 Å². The Hall–Kier alpha value is -1.76. The Labute approximate surface area is 95.2 Å². The predicted molar refractivity (Wildman–Crippen MR) is 69.1 cm³/mol. The van der Waals surface area contributed by atoms with Gasteiger partial charge in [-0.2, -0.15) is 0 Å². The molecule has 0 saturated carbocycles. The summed E-state index contributed by atoms with van der Waals surface area (Å²) in [6.45, 7) is 0. The number of hydrogen-bond acceptors (Lipinski definition) is 0. The van der Waals surface area contributed by atoms with Crippen molar-refractivity contribution >= 4 is 18.2 Å². The SMILES string of the molecule is C1=CC/C(=C\c2cc3c([nH]2)=CCCC=3)C=C1. The van der Waals surface area contributed by atoms with Gasteiger partial charge in [-0.05, 0) is 42.2 Å². The normalized spacial score (nSPS) is 20.4. The molecule has 80 valence electrons. The van der Waals surface area contributed by atoms with Gasteiger partial charge in [-0.1, -0.05) is 36.5 Å². The van der Waals surface area contributed by atoms with Crippen LogP contribution in [0.2, 0.25) is 0 Å². The van der Waals surface area contributed by atoms with Crippen molar-refractivity contribution < 1.29 is 0 Å². The molecule has 0 radical (unpaired) electrons. The highest BCUT2D eigenvalue weighted by atomic mass is 14.7. The zero-order valence-corrected chi connectivity index (χ0v) is 9.24. The molecule has 0 aliphatic heterocycles. The molecule has 16 heavy (non-hydrogen) atoms.